The van der Waals surface area contributed by atoms with Crippen molar-refractivity contribution in [3.63, 3.8) is 0 Å². The smallest absolute Gasteiger partial charge is 0.313 e. The van der Waals surface area contributed by atoms with E-state index in [4.69, 9.17) is 4.42 Å². The van der Waals surface area contributed by atoms with Gasteiger partial charge < -0.3 is 20.2 Å². The van der Waals surface area contributed by atoms with Crippen LogP contribution in [-0.4, -0.2) is 23.5 Å². The quantitative estimate of drug-likeness (QED) is 0.747. The Labute approximate surface area is 128 Å². The van der Waals surface area contributed by atoms with Crippen molar-refractivity contribution in [1.82, 2.24) is 5.32 Å². The molecule has 3 N–H and O–H groups in total. The molecular weight excluding hydrogens is 284 g/mol. The highest BCUT2D eigenvalue weighted by Crippen LogP contribution is 2.21. The van der Waals surface area contributed by atoms with Gasteiger partial charge in [0, 0.05) is 5.69 Å². The number of nitrogens with one attached hydrogen (secondary N) is 2. The Bertz CT molecular complexity index is 662. The fourth-order valence-electron chi connectivity index (χ4n) is 1.85. The molecule has 2 rings (SSSR count). The molecule has 6 nitrogen and oxygen atoms in total. The van der Waals surface area contributed by atoms with Crippen LogP contribution in [0.5, 0.6) is 0 Å². The van der Waals surface area contributed by atoms with Gasteiger partial charge in [-0.2, -0.15) is 0 Å². The Balaban J connectivity index is 1.90. The summed E-state index contributed by atoms with van der Waals surface area (Å²) < 4.78 is 5.33. The number of rotatable bonds is 4. The van der Waals surface area contributed by atoms with Crippen molar-refractivity contribution >= 4 is 17.5 Å². The average molecular weight is 302 g/mol. The second-order valence-electron chi connectivity index (χ2n) is 5.19. The molecule has 22 heavy (non-hydrogen) atoms. The average Bonchev–Trinajstić information content (AvgIpc) is 2.93. The summed E-state index contributed by atoms with van der Waals surface area (Å²) >= 11 is 0. The van der Waals surface area contributed by atoms with E-state index < -0.39 is 17.4 Å². The van der Waals surface area contributed by atoms with E-state index in [1.54, 1.807) is 49.4 Å². The highest BCUT2D eigenvalue weighted by molar-refractivity contribution is 6.39. The van der Waals surface area contributed by atoms with E-state index in [1.807, 2.05) is 0 Å². The normalized spacial score (nSPS) is 13.2. The molecular formula is C16H18N2O4. The first kappa shape index (κ1) is 15.8. The summed E-state index contributed by atoms with van der Waals surface area (Å²) in [6, 6.07) is 12.0. The lowest BCUT2D eigenvalue weighted by molar-refractivity contribution is -0.136. The highest BCUT2D eigenvalue weighted by Gasteiger charge is 2.28. The number of carbonyl (C=O) groups is 2. The van der Waals surface area contributed by atoms with Crippen molar-refractivity contribution in [2.75, 3.05) is 11.9 Å². The van der Waals surface area contributed by atoms with Crippen LogP contribution in [-0.2, 0) is 15.2 Å². The highest BCUT2D eigenvalue weighted by atomic mass is 16.4. The number of carbonyl (C=O) groups excluding carboxylic acids is 2. The number of furan rings is 1. The maximum atomic E-state index is 11.8. The minimum absolute atomic E-state index is 0.138. The van der Waals surface area contributed by atoms with Gasteiger partial charge in [0.2, 0.25) is 0 Å². The molecule has 0 saturated heterocycles. The monoisotopic (exact) mass is 302 g/mol. The number of aryl methyl sites for hydroxylation is 1. The van der Waals surface area contributed by atoms with Crippen molar-refractivity contribution in [3.05, 3.63) is 54.0 Å². The third kappa shape index (κ3) is 3.95. The Morgan fingerprint density at radius 2 is 1.82 bits per heavy atom. The Kier molecular flexibility index (Phi) is 4.62. The van der Waals surface area contributed by atoms with E-state index in [0.29, 0.717) is 17.2 Å². The van der Waals surface area contributed by atoms with Crippen molar-refractivity contribution in [1.29, 1.82) is 0 Å². The van der Waals surface area contributed by atoms with Gasteiger partial charge in [0.25, 0.3) is 0 Å². The molecule has 116 valence electrons. The lowest BCUT2D eigenvalue weighted by Gasteiger charge is -2.21. The summed E-state index contributed by atoms with van der Waals surface area (Å²) in [4.78, 5) is 23.5. The van der Waals surface area contributed by atoms with Gasteiger partial charge in [-0.25, -0.2) is 0 Å². The predicted molar refractivity (Wildman–Crippen MR) is 81.1 cm³/mol. The number of aliphatic hydroxyl groups is 1. The summed E-state index contributed by atoms with van der Waals surface area (Å²) in [5, 5.41) is 15.1. The van der Waals surface area contributed by atoms with E-state index in [-0.39, 0.29) is 6.54 Å². The van der Waals surface area contributed by atoms with Crippen LogP contribution in [0.15, 0.2) is 46.9 Å². The molecule has 0 fully saturated rings. The van der Waals surface area contributed by atoms with Crippen LogP contribution in [0.2, 0.25) is 0 Å². The zero-order valence-electron chi connectivity index (χ0n) is 12.4. The van der Waals surface area contributed by atoms with Crippen molar-refractivity contribution in [2.24, 2.45) is 0 Å². The first-order valence-electron chi connectivity index (χ1n) is 6.82. The van der Waals surface area contributed by atoms with Crippen LogP contribution >= 0.6 is 0 Å². The maximum Gasteiger partial charge on any atom is 0.313 e. The van der Waals surface area contributed by atoms with Crippen LogP contribution in [0.25, 0.3) is 0 Å². The van der Waals surface area contributed by atoms with Crippen LogP contribution in [0.4, 0.5) is 5.69 Å². The minimum atomic E-state index is -1.39. The first-order valence-corrected chi connectivity index (χ1v) is 6.82. The molecule has 2 amide bonds. The van der Waals surface area contributed by atoms with Crippen LogP contribution in [0.3, 0.4) is 0 Å². The third-order valence-corrected chi connectivity index (χ3v) is 3.10. The molecule has 1 heterocycles. The van der Waals surface area contributed by atoms with Crippen molar-refractivity contribution < 1.29 is 19.1 Å². The SMILES string of the molecule is Cc1ccc(C(C)(O)CNC(=O)C(=O)Nc2ccccc2)o1. The number of hydrogen-bond acceptors (Lipinski definition) is 4. The van der Waals surface area contributed by atoms with Crippen LogP contribution in [0.1, 0.15) is 18.4 Å². The van der Waals surface area contributed by atoms with E-state index in [2.05, 4.69) is 10.6 Å². The van der Waals surface area contributed by atoms with Gasteiger partial charge >= 0.3 is 11.8 Å². The van der Waals surface area contributed by atoms with Gasteiger partial charge in [0.05, 0.1) is 6.54 Å². The zero-order valence-corrected chi connectivity index (χ0v) is 12.4. The molecule has 6 heteroatoms. The predicted octanol–water partition coefficient (Wildman–Crippen LogP) is 1.55. The molecule has 1 aromatic carbocycles. The zero-order chi connectivity index (χ0) is 16.2. The van der Waals surface area contributed by atoms with Gasteiger partial charge in [0.15, 0.2) is 0 Å². The Morgan fingerprint density at radius 3 is 2.41 bits per heavy atom. The molecule has 1 unspecified atom stereocenters. The number of benzene rings is 1. The van der Waals surface area contributed by atoms with Gasteiger partial charge in [-0.3, -0.25) is 9.59 Å². The lowest BCUT2D eigenvalue weighted by Crippen LogP contribution is -2.43. The molecule has 0 radical (unpaired) electrons. The molecule has 0 aliphatic rings. The molecule has 0 saturated carbocycles. The number of anilines is 1. The summed E-state index contributed by atoms with van der Waals surface area (Å²) in [5.74, 6) is -0.637. The first-order chi connectivity index (χ1) is 10.4. The van der Waals surface area contributed by atoms with Gasteiger partial charge in [-0.1, -0.05) is 18.2 Å². The fourth-order valence-corrected chi connectivity index (χ4v) is 1.85. The Hall–Kier alpha value is -2.60. The minimum Gasteiger partial charge on any atom is -0.463 e. The molecule has 1 atom stereocenters. The lowest BCUT2D eigenvalue weighted by atomic mass is 10.0. The number of para-hydroxylation sites is 1. The van der Waals surface area contributed by atoms with Gasteiger partial charge in [-0.05, 0) is 38.1 Å². The summed E-state index contributed by atoms with van der Waals surface area (Å²) in [6.07, 6.45) is 0. The van der Waals surface area contributed by atoms with E-state index >= 15 is 0 Å². The molecule has 0 bridgehead atoms. The van der Waals surface area contributed by atoms with Crippen molar-refractivity contribution in [2.45, 2.75) is 19.4 Å². The second-order valence-corrected chi connectivity index (χ2v) is 5.19. The standard InChI is InChI=1S/C16H18N2O4/c1-11-8-9-13(22-11)16(2,21)10-17-14(19)15(20)18-12-6-4-3-5-7-12/h3-9,21H,10H2,1-2H3,(H,17,19)(H,18,20). The summed E-state index contributed by atoms with van der Waals surface area (Å²) in [6.45, 7) is 3.12. The summed E-state index contributed by atoms with van der Waals surface area (Å²) in [7, 11) is 0. The second kappa shape index (κ2) is 6.44. The maximum absolute atomic E-state index is 11.8. The molecule has 2 aromatic rings. The van der Waals surface area contributed by atoms with Crippen LogP contribution < -0.4 is 10.6 Å². The molecule has 0 aliphatic carbocycles. The van der Waals surface area contributed by atoms with E-state index in [1.165, 1.54) is 6.92 Å². The van der Waals surface area contributed by atoms with E-state index in [9.17, 15) is 14.7 Å². The third-order valence-electron chi connectivity index (χ3n) is 3.10. The van der Waals surface area contributed by atoms with E-state index in [0.717, 1.165) is 0 Å². The molecule has 0 spiro atoms. The Morgan fingerprint density at radius 1 is 1.14 bits per heavy atom. The number of hydrogen-bond donors (Lipinski definition) is 3. The van der Waals surface area contributed by atoms with Crippen LogP contribution in [0, 0.1) is 6.92 Å². The molecule has 1 aromatic heterocycles. The summed E-state index contributed by atoms with van der Waals surface area (Å²) in [5.41, 5.74) is -0.868. The van der Waals surface area contributed by atoms with Crippen molar-refractivity contribution in [3.8, 4) is 0 Å². The molecule has 0 aliphatic heterocycles. The topological polar surface area (TPSA) is 91.6 Å². The fraction of sp³-hybridized carbons (Fsp3) is 0.250. The largest absolute Gasteiger partial charge is 0.463 e. The van der Waals surface area contributed by atoms with Gasteiger partial charge in [0.1, 0.15) is 17.1 Å². The van der Waals surface area contributed by atoms with Gasteiger partial charge in [-0.15, -0.1) is 0 Å². The number of amides is 2.